The summed E-state index contributed by atoms with van der Waals surface area (Å²) < 4.78 is 5.29. The van der Waals surface area contributed by atoms with Crippen molar-refractivity contribution >= 4 is 40.7 Å². The molecule has 0 fully saturated rings. The van der Waals surface area contributed by atoms with Crippen molar-refractivity contribution in [3.63, 3.8) is 0 Å². The van der Waals surface area contributed by atoms with Crippen LogP contribution < -0.4 is 10.5 Å². The molecule has 0 saturated carbocycles. The van der Waals surface area contributed by atoms with E-state index in [1.54, 1.807) is 19.2 Å². The number of halogens is 2. The molecule has 2 N–H and O–H groups in total. The molecule has 0 saturated heterocycles. The molecular formula is C13H11Cl2NOS. The van der Waals surface area contributed by atoms with Crippen molar-refractivity contribution in [1.29, 1.82) is 0 Å². The highest BCUT2D eigenvalue weighted by Crippen LogP contribution is 2.41. The van der Waals surface area contributed by atoms with Crippen molar-refractivity contribution in [2.45, 2.75) is 9.79 Å². The van der Waals surface area contributed by atoms with Gasteiger partial charge in [-0.25, -0.2) is 0 Å². The summed E-state index contributed by atoms with van der Waals surface area (Å²) in [5.74, 6) is 0.719. The highest BCUT2D eigenvalue weighted by molar-refractivity contribution is 7.99. The van der Waals surface area contributed by atoms with Crippen LogP contribution in [-0.2, 0) is 0 Å². The van der Waals surface area contributed by atoms with Crippen molar-refractivity contribution in [2.75, 3.05) is 12.8 Å². The molecular weight excluding hydrogens is 289 g/mol. The average Bonchev–Trinajstić information content (AvgIpc) is 2.37. The van der Waals surface area contributed by atoms with Gasteiger partial charge in [-0.3, -0.25) is 0 Å². The Morgan fingerprint density at radius 3 is 2.61 bits per heavy atom. The third kappa shape index (κ3) is 2.86. The van der Waals surface area contributed by atoms with Gasteiger partial charge in [0.25, 0.3) is 0 Å². The molecule has 0 amide bonds. The Hall–Kier alpha value is -1.03. The van der Waals surface area contributed by atoms with Crippen LogP contribution in [0.2, 0.25) is 10.0 Å². The minimum Gasteiger partial charge on any atom is -0.495 e. The predicted octanol–water partition coefficient (Wildman–Crippen LogP) is 4.74. The molecule has 2 nitrogen and oxygen atoms in total. The van der Waals surface area contributed by atoms with Crippen LogP contribution >= 0.6 is 35.0 Å². The summed E-state index contributed by atoms with van der Waals surface area (Å²) in [6.45, 7) is 0. The average molecular weight is 300 g/mol. The second kappa shape index (κ2) is 5.74. The molecule has 0 aliphatic rings. The summed E-state index contributed by atoms with van der Waals surface area (Å²) in [7, 11) is 1.61. The van der Waals surface area contributed by atoms with E-state index in [2.05, 4.69) is 0 Å². The standard InChI is InChI=1S/C13H11Cl2NOS/c1-17-10-7-8(16)5-6-11(10)18-12-4-2-3-9(14)13(12)15/h2-7H,16H2,1H3. The van der Waals surface area contributed by atoms with Crippen molar-refractivity contribution in [3.8, 4) is 5.75 Å². The van der Waals surface area contributed by atoms with Crippen LogP contribution in [0.5, 0.6) is 5.75 Å². The first-order chi connectivity index (χ1) is 8.61. The van der Waals surface area contributed by atoms with Gasteiger partial charge in [-0.1, -0.05) is 41.0 Å². The van der Waals surface area contributed by atoms with Crippen molar-refractivity contribution in [1.82, 2.24) is 0 Å². The van der Waals surface area contributed by atoms with Gasteiger partial charge in [0.2, 0.25) is 0 Å². The van der Waals surface area contributed by atoms with Crippen LogP contribution in [0.25, 0.3) is 0 Å². The SMILES string of the molecule is COc1cc(N)ccc1Sc1cccc(Cl)c1Cl. The minimum atomic E-state index is 0.538. The molecule has 0 heterocycles. The van der Waals surface area contributed by atoms with Crippen LogP contribution in [0.1, 0.15) is 0 Å². The minimum absolute atomic E-state index is 0.538. The molecule has 18 heavy (non-hydrogen) atoms. The summed E-state index contributed by atoms with van der Waals surface area (Å²) in [5.41, 5.74) is 6.37. The number of rotatable bonds is 3. The van der Waals surface area contributed by atoms with E-state index in [9.17, 15) is 0 Å². The topological polar surface area (TPSA) is 35.2 Å². The molecule has 5 heteroatoms. The second-order valence-electron chi connectivity index (χ2n) is 3.56. The second-order valence-corrected chi connectivity index (χ2v) is 5.43. The van der Waals surface area contributed by atoms with E-state index in [1.807, 2.05) is 24.3 Å². The summed E-state index contributed by atoms with van der Waals surface area (Å²) in [6.07, 6.45) is 0. The molecule has 2 rings (SSSR count). The zero-order valence-corrected chi connectivity index (χ0v) is 11.9. The van der Waals surface area contributed by atoms with Gasteiger partial charge in [0.15, 0.2) is 0 Å². The summed E-state index contributed by atoms with van der Waals surface area (Å²) >= 11 is 13.6. The molecule has 2 aromatic carbocycles. The third-order valence-electron chi connectivity index (χ3n) is 2.32. The summed E-state index contributed by atoms with van der Waals surface area (Å²) in [5, 5.41) is 1.08. The summed E-state index contributed by atoms with van der Waals surface area (Å²) in [6, 6.07) is 11.0. The third-order valence-corrected chi connectivity index (χ3v) is 4.37. The Morgan fingerprint density at radius 1 is 1.11 bits per heavy atom. The number of methoxy groups -OCH3 is 1. The number of benzene rings is 2. The molecule has 0 atom stereocenters. The number of nitrogens with two attached hydrogens (primary N) is 1. The molecule has 0 bridgehead atoms. The van der Waals surface area contributed by atoms with E-state index in [4.69, 9.17) is 33.7 Å². The smallest absolute Gasteiger partial charge is 0.134 e. The highest BCUT2D eigenvalue weighted by atomic mass is 35.5. The van der Waals surface area contributed by atoms with Gasteiger partial charge in [-0.05, 0) is 24.3 Å². The Morgan fingerprint density at radius 2 is 1.89 bits per heavy atom. The Labute approximate surface area is 120 Å². The van der Waals surface area contributed by atoms with Crippen molar-refractivity contribution in [3.05, 3.63) is 46.4 Å². The maximum atomic E-state index is 6.15. The van der Waals surface area contributed by atoms with E-state index >= 15 is 0 Å². The highest BCUT2D eigenvalue weighted by Gasteiger charge is 2.10. The molecule has 0 radical (unpaired) electrons. The van der Waals surface area contributed by atoms with Crippen molar-refractivity contribution < 1.29 is 4.74 Å². The quantitative estimate of drug-likeness (QED) is 0.832. The first-order valence-corrected chi connectivity index (χ1v) is 6.74. The number of ether oxygens (including phenoxy) is 1. The molecule has 0 aromatic heterocycles. The van der Waals surface area contributed by atoms with Crippen LogP contribution in [0.4, 0.5) is 5.69 Å². The van der Waals surface area contributed by atoms with Gasteiger partial charge in [-0.15, -0.1) is 0 Å². The maximum absolute atomic E-state index is 6.15. The zero-order chi connectivity index (χ0) is 13.1. The maximum Gasteiger partial charge on any atom is 0.134 e. The fraction of sp³-hybridized carbons (Fsp3) is 0.0769. The predicted molar refractivity (Wildman–Crippen MR) is 78.0 cm³/mol. The van der Waals surface area contributed by atoms with Gasteiger partial charge in [0.1, 0.15) is 5.75 Å². The van der Waals surface area contributed by atoms with Gasteiger partial charge in [0.05, 0.1) is 22.1 Å². The molecule has 0 spiro atoms. The first kappa shape index (κ1) is 13.4. The molecule has 0 aliphatic carbocycles. The lowest BCUT2D eigenvalue weighted by atomic mass is 10.3. The van der Waals surface area contributed by atoms with Gasteiger partial charge >= 0.3 is 0 Å². The zero-order valence-electron chi connectivity index (χ0n) is 9.61. The van der Waals surface area contributed by atoms with Crippen LogP contribution in [0.3, 0.4) is 0 Å². The Bertz CT molecular complexity index is 575. The number of hydrogen-bond acceptors (Lipinski definition) is 3. The van der Waals surface area contributed by atoms with Crippen LogP contribution in [0.15, 0.2) is 46.2 Å². The number of anilines is 1. The van der Waals surface area contributed by atoms with Gasteiger partial charge in [0, 0.05) is 16.6 Å². The largest absolute Gasteiger partial charge is 0.495 e. The van der Waals surface area contributed by atoms with E-state index in [-0.39, 0.29) is 0 Å². The number of hydrogen-bond donors (Lipinski definition) is 1. The molecule has 94 valence electrons. The monoisotopic (exact) mass is 299 g/mol. The van der Waals surface area contributed by atoms with Crippen molar-refractivity contribution in [2.24, 2.45) is 0 Å². The number of nitrogen functional groups attached to an aromatic ring is 1. The molecule has 2 aromatic rings. The summed E-state index contributed by atoms with van der Waals surface area (Å²) in [4.78, 5) is 1.82. The normalized spacial score (nSPS) is 10.4. The van der Waals surface area contributed by atoms with Gasteiger partial charge in [-0.2, -0.15) is 0 Å². The lowest BCUT2D eigenvalue weighted by molar-refractivity contribution is 0.405. The fourth-order valence-corrected chi connectivity index (χ4v) is 2.88. The van der Waals surface area contributed by atoms with E-state index in [0.717, 1.165) is 15.5 Å². The first-order valence-electron chi connectivity index (χ1n) is 5.17. The molecule has 0 unspecified atom stereocenters. The lowest BCUT2D eigenvalue weighted by Gasteiger charge is -2.10. The van der Waals surface area contributed by atoms with E-state index in [0.29, 0.717) is 15.7 Å². The van der Waals surface area contributed by atoms with Gasteiger partial charge < -0.3 is 10.5 Å². The van der Waals surface area contributed by atoms with Crippen LogP contribution in [-0.4, -0.2) is 7.11 Å². The Kier molecular flexibility index (Phi) is 4.27. The van der Waals surface area contributed by atoms with Crippen LogP contribution in [0, 0.1) is 0 Å². The lowest BCUT2D eigenvalue weighted by Crippen LogP contribution is -1.90. The fourth-order valence-electron chi connectivity index (χ4n) is 1.45. The van der Waals surface area contributed by atoms with E-state index < -0.39 is 0 Å². The molecule has 0 aliphatic heterocycles. The van der Waals surface area contributed by atoms with E-state index in [1.165, 1.54) is 11.8 Å². The Balaban J connectivity index is 2.37.